The van der Waals surface area contributed by atoms with E-state index in [4.69, 9.17) is 0 Å². The quantitative estimate of drug-likeness (QED) is 0.727. The van der Waals surface area contributed by atoms with Gasteiger partial charge in [-0.05, 0) is 48.6 Å². The van der Waals surface area contributed by atoms with E-state index in [0.717, 1.165) is 22.2 Å². The lowest BCUT2D eigenvalue weighted by Crippen LogP contribution is -2.26. The SMILES string of the molecule is Cc1ccc2cc(CCC(=O)NCCc3ccccn3)c(=O)[nH]c2c1. The first-order valence-electron chi connectivity index (χ1n) is 8.41. The average Bonchev–Trinajstić information content (AvgIpc) is 2.61. The summed E-state index contributed by atoms with van der Waals surface area (Å²) in [6.45, 7) is 2.53. The van der Waals surface area contributed by atoms with Crippen molar-refractivity contribution < 1.29 is 4.79 Å². The Kier molecular flexibility index (Phi) is 5.23. The minimum Gasteiger partial charge on any atom is -0.356 e. The van der Waals surface area contributed by atoms with Crippen molar-refractivity contribution in [3.63, 3.8) is 0 Å². The Bertz CT molecular complexity index is 933. The Morgan fingerprint density at radius 3 is 2.84 bits per heavy atom. The lowest BCUT2D eigenvalue weighted by molar-refractivity contribution is -0.121. The number of H-pyrrole nitrogens is 1. The van der Waals surface area contributed by atoms with Crippen molar-refractivity contribution in [2.24, 2.45) is 0 Å². The highest BCUT2D eigenvalue weighted by Crippen LogP contribution is 2.13. The Morgan fingerprint density at radius 2 is 2.04 bits per heavy atom. The number of fused-ring (bicyclic) bond motifs is 1. The molecule has 5 nitrogen and oxygen atoms in total. The normalized spacial score (nSPS) is 10.8. The molecule has 2 heterocycles. The summed E-state index contributed by atoms with van der Waals surface area (Å²) in [7, 11) is 0. The van der Waals surface area contributed by atoms with Crippen LogP contribution >= 0.6 is 0 Å². The van der Waals surface area contributed by atoms with Crippen molar-refractivity contribution in [3.05, 3.63) is 75.8 Å². The molecule has 0 bridgehead atoms. The summed E-state index contributed by atoms with van der Waals surface area (Å²) >= 11 is 0. The molecule has 0 spiro atoms. The number of carbonyl (C=O) groups is 1. The first-order valence-corrected chi connectivity index (χ1v) is 8.41. The maximum atomic E-state index is 12.2. The summed E-state index contributed by atoms with van der Waals surface area (Å²) in [5.41, 5.74) is 3.39. The number of nitrogens with zero attached hydrogens (tertiary/aromatic N) is 1. The summed E-state index contributed by atoms with van der Waals surface area (Å²) in [6.07, 6.45) is 3.16. The third-order valence-corrected chi connectivity index (χ3v) is 4.13. The summed E-state index contributed by atoms with van der Waals surface area (Å²) < 4.78 is 0. The Hall–Kier alpha value is -2.95. The molecular formula is C20H21N3O2. The first-order chi connectivity index (χ1) is 12.1. The van der Waals surface area contributed by atoms with Gasteiger partial charge in [-0.15, -0.1) is 0 Å². The van der Waals surface area contributed by atoms with Crippen molar-refractivity contribution in [1.82, 2.24) is 15.3 Å². The highest BCUT2D eigenvalue weighted by Gasteiger charge is 2.07. The largest absolute Gasteiger partial charge is 0.356 e. The van der Waals surface area contributed by atoms with Gasteiger partial charge in [0.15, 0.2) is 0 Å². The van der Waals surface area contributed by atoms with Gasteiger partial charge in [0.2, 0.25) is 5.91 Å². The van der Waals surface area contributed by atoms with Crippen LogP contribution in [-0.4, -0.2) is 22.4 Å². The molecule has 0 saturated carbocycles. The number of hydrogen-bond acceptors (Lipinski definition) is 3. The van der Waals surface area contributed by atoms with Crippen molar-refractivity contribution >= 4 is 16.8 Å². The van der Waals surface area contributed by atoms with Crippen LogP contribution in [0.1, 0.15) is 23.2 Å². The van der Waals surface area contributed by atoms with Crippen LogP contribution < -0.4 is 10.9 Å². The zero-order chi connectivity index (χ0) is 17.6. The minimum absolute atomic E-state index is 0.0562. The monoisotopic (exact) mass is 335 g/mol. The Balaban J connectivity index is 1.55. The number of nitrogens with one attached hydrogen (secondary N) is 2. The molecule has 0 aliphatic rings. The van der Waals surface area contributed by atoms with E-state index in [-0.39, 0.29) is 11.5 Å². The average molecular weight is 335 g/mol. The van der Waals surface area contributed by atoms with Crippen LogP contribution in [-0.2, 0) is 17.6 Å². The second kappa shape index (κ2) is 7.75. The molecule has 1 amide bonds. The third kappa shape index (κ3) is 4.53. The zero-order valence-electron chi connectivity index (χ0n) is 14.2. The second-order valence-electron chi connectivity index (χ2n) is 6.14. The van der Waals surface area contributed by atoms with Crippen LogP contribution in [0, 0.1) is 6.92 Å². The number of benzene rings is 1. The highest BCUT2D eigenvalue weighted by molar-refractivity contribution is 5.80. The molecule has 1 aromatic carbocycles. The number of hydrogen-bond donors (Lipinski definition) is 2. The minimum atomic E-state index is -0.126. The summed E-state index contributed by atoms with van der Waals surface area (Å²) in [5.74, 6) is -0.0562. The molecule has 0 aliphatic carbocycles. The van der Waals surface area contributed by atoms with Crippen LogP contribution in [0.3, 0.4) is 0 Å². The van der Waals surface area contributed by atoms with Gasteiger partial charge in [-0.25, -0.2) is 0 Å². The fraction of sp³-hybridized carbons (Fsp3) is 0.250. The van der Waals surface area contributed by atoms with Crippen molar-refractivity contribution in [3.8, 4) is 0 Å². The molecule has 128 valence electrons. The molecule has 0 saturated heterocycles. The van der Waals surface area contributed by atoms with Gasteiger partial charge in [-0.3, -0.25) is 14.6 Å². The third-order valence-electron chi connectivity index (χ3n) is 4.13. The fourth-order valence-electron chi connectivity index (χ4n) is 2.76. The highest BCUT2D eigenvalue weighted by atomic mass is 16.1. The summed E-state index contributed by atoms with van der Waals surface area (Å²) in [5, 5.41) is 3.86. The molecule has 0 radical (unpaired) electrons. The van der Waals surface area contributed by atoms with Gasteiger partial charge in [0.05, 0.1) is 0 Å². The molecule has 2 N–H and O–H groups in total. The van der Waals surface area contributed by atoms with Gasteiger partial charge < -0.3 is 10.3 Å². The van der Waals surface area contributed by atoms with Gasteiger partial charge in [-0.1, -0.05) is 18.2 Å². The van der Waals surface area contributed by atoms with E-state index in [1.165, 1.54) is 0 Å². The van der Waals surface area contributed by atoms with E-state index in [0.29, 0.717) is 31.4 Å². The molecule has 5 heteroatoms. The zero-order valence-corrected chi connectivity index (χ0v) is 14.2. The number of carbonyl (C=O) groups excluding carboxylic acids is 1. The van der Waals surface area contributed by atoms with Crippen molar-refractivity contribution in [1.29, 1.82) is 0 Å². The lowest BCUT2D eigenvalue weighted by Gasteiger charge is -2.06. The number of rotatable bonds is 6. The van der Waals surface area contributed by atoms with Crippen molar-refractivity contribution in [2.45, 2.75) is 26.2 Å². The Labute approximate surface area is 146 Å². The van der Waals surface area contributed by atoms with E-state index in [2.05, 4.69) is 15.3 Å². The van der Waals surface area contributed by atoms with E-state index < -0.39 is 0 Å². The molecule has 0 atom stereocenters. The van der Waals surface area contributed by atoms with Gasteiger partial charge in [-0.2, -0.15) is 0 Å². The van der Waals surface area contributed by atoms with Crippen LogP contribution in [0.5, 0.6) is 0 Å². The van der Waals surface area contributed by atoms with Crippen LogP contribution in [0.4, 0.5) is 0 Å². The topological polar surface area (TPSA) is 74.8 Å². The van der Waals surface area contributed by atoms with E-state index in [1.54, 1.807) is 6.20 Å². The van der Waals surface area contributed by atoms with Gasteiger partial charge in [0.25, 0.3) is 5.56 Å². The van der Waals surface area contributed by atoms with E-state index in [9.17, 15) is 9.59 Å². The summed E-state index contributed by atoms with van der Waals surface area (Å²) in [6, 6.07) is 13.5. The maximum absolute atomic E-state index is 12.2. The molecule has 0 aliphatic heterocycles. The molecular weight excluding hydrogens is 314 g/mol. The second-order valence-corrected chi connectivity index (χ2v) is 6.14. The number of aryl methyl sites for hydroxylation is 2. The van der Waals surface area contributed by atoms with E-state index in [1.807, 2.05) is 49.4 Å². The first kappa shape index (κ1) is 16.9. The van der Waals surface area contributed by atoms with Gasteiger partial charge >= 0.3 is 0 Å². The van der Waals surface area contributed by atoms with E-state index >= 15 is 0 Å². The number of pyridine rings is 2. The number of aromatic nitrogens is 2. The molecule has 0 fully saturated rings. The number of aromatic amines is 1. The number of amides is 1. The predicted molar refractivity (Wildman–Crippen MR) is 98.6 cm³/mol. The lowest BCUT2D eigenvalue weighted by atomic mass is 10.1. The van der Waals surface area contributed by atoms with Gasteiger partial charge in [0.1, 0.15) is 0 Å². The molecule has 2 aromatic heterocycles. The Morgan fingerprint density at radius 1 is 1.16 bits per heavy atom. The maximum Gasteiger partial charge on any atom is 0.251 e. The van der Waals surface area contributed by atoms with Crippen LogP contribution in [0.25, 0.3) is 10.9 Å². The molecule has 3 rings (SSSR count). The van der Waals surface area contributed by atoms with Gasteiger partial charge in [0, 0.05) is 42.4 Å². The predicted octanol–water partition coefficient (Wildman–Crippen LogP) is 2.52. The molecule has 25 heavy (non-hydrogen) atoms. The van der Waals surface area contributed by atoms with Crippen molar-refractivity contribution in [2.75, 3.05) is 6.54 Å². The summed E-state index contributed by atoms with van der Waals surface area (Å²) in [4.78, 5) is 31.3. The molecule has 0 unspecified atom stereocenters. The standard InChI is InChI=1S/C20H21N3O2/c1-14-5-6-15-13-16(20(25)23-18(15)12-14)7-8-19(24)22-11-9-17-4-2-3-10-21-17/h2-6,10,12-13H,7-9,11H2,1H3,(H,22,24)(H,23,25). The van der Waals surface area contributed by atoms with Crippen LogP contribution in [0.2, 0.25) is 0 Å². The molecule has 3 aromatic rings. The van der Waals surface area contributed by atoms with Crippen LogP contribution in [0.15, 0.2) is 53.5 Å². The fourth-order valence-corrected chi connectivity index (χ4v) is 2.76. The smallest absolute Gasteiger partial charge is 0.251 e.